The topological polar surface area (TPSA) is 59.0 Å². The first kappa shape index (κ1) is 26.1. The van der Waals surface area contributed by atoms with Gasteiger partial charge in [0.15, 0.2) is 0 Å². The first-order valence-corrected chi connectivity index (χ1v) is 14.6. The SMILES string of the molecule is CC(C)(C)[Si](OC1CCN(C(=O)OCc2ccccc2)CCC1O)(c1ccccc1)c1ccccc1. The first-order valence-electron chi connectivity index (χ1n) is 12.7. The number of likely N-dealkylation sites (tertiary alicyclic amines) is 1. The summed E-state index contributed by atoms with van der Waals surface area (Å²) in [5.74, 6) is 0. The highest BCUT2D eigenvalue weighted by Gasteiger charge is 2.52. The Balaban J connectivity index is 1.56. The van der Waals surface area contributed by atoms with E-state index in [9.17, 15) is 9.90 Å². The van der Waals surface area contributed by atoms with Gasteiger partial charge in [0.05, 0.1) is 12.2 Å². The van der Waals surface area contributed by atoms with E-state index in [1.807, 2.05) is 42.5 Å². The molecule has 2 atom stereocenters. The summed E-state index contributed by atoms with van der Waals surface area (Å²) < 4.78 is 12.7. The van der Waals surface area contributed by atoms with Crippen molar-refractivity contribution in [2.24, 2.45) is 0 Å². The second-order valence-corrected chi connectivity index (χ2v) is 14.7. The van der Waals surface area contributed by atoms with Gasteiger partial charge in [-0.3, -0.25) is 0 Å². The van der Waals surface area contributed by atoms with Crippen LogP contribution in [0.4, 0.5) is 4.79 Å². The fraction of sp³-hybridized carbons (Fsp3) is 0.367. The first-order chi connectivity index (χ1) is 17.3. The molecule has 2 unspecified atom stereocenters. The predicted molar refractivity (Wildman–Crippen MR) is 146 cm³/mol. The van der Waals surface area contributed by atoms with Gasteiger partial charge in [0.2, 0.25) is 0 Å². The number of rotatable bonds is 6. The number of aliphatic hydroxyl groups is 1. The molecule has 0 aromatic heterocycles. The van der Waals surface area contributed by atoms with Gasteiger partial charge < -0.3 is 19.2 Å². The van der Waals surface area contributed by atoms with Gasteiger partial charge >= 0.3 is 6.09 Å². The zero-order chi connectivity index (χ0) is 25.6. The van der Waals surface area contributed by atoms with Crippen LogP contribution in [-0.4, -0.2) is 49.7 Å². The zero-order valence-corrected chi connectivity index (χ0v) is 22.5. The van der Waals surface area contributed by atoms with Crippen molar-refractivity contribution in [3.05, 3.63) is 96.6 Å². The second-order valence-electron chi connectivity index (χ2n) is 10.5. The molecule has 0 radical (unpaired) electrons. The lowest BCUT2D eigenvalue weighted by atomic mass is 10.1. The molecular formula is C30H37NO4Si. The Bertz CT molecular complexity index is 1060. The third kappa shape index (κ3) is 5.72. The summed E-state index contributed by atoms with van der Waals surface area (Å²) in [4.78, 5) is 14.5. The van der Waals surface area contributed by atoms with E-state index in [1.165, 1.54) is 10.4 Å². The summed E-state index contributed by atoms with van der Waals surface area (Å²) in [5.41, 5.74) is 0.952. The van der Waals surface area contributed by atoms with Crippen molar-refractivity contribution in [2.45, 2.75) is 57.5 Å². The van der Waals surface area contributed by atoms with Crippen molar-refractivity contribution >= 4 is 24.8 Å². The Morgan fingerprint density at radius 2 is 1.36 bits per heavy atom. The number of carbonyl (C=O) groups excluding carboxylic acids is 1. The van der Waals surface area contributed by atoms with E-state index in [0.717, 1.165) is 5.56 Å². The van der Waals surface area contributed by atoms with Crippen LogP contribution in [0.5, 0.6) is 0 Å². The van der Waals surface area contributed by atoms with Gasteiger partial charge in [0.1, 0.15) is 6.61 Å². The van der Waals surface area contributed by atoms with Gasteiger partial charge in [0, 0.05) is 13.1 Å². The molecule has 0 aliphatic carbocycles. The van der Waals surface area contributed by atoms with Crippen LogP contribution in [-0.2, 0) is 15.8 Å². The molecule has 6 heteroatoms. The largest absolute Gasteiger partial charge is 0.445 e. The summed E-state index contributed by atoms with van der Waals surface area (Å²) in [7, 11) is -2.80. The third-order valence-corrected chi connectivity index (χ3v) is 12.1. The molecule has 1 aliphatic rings. The van der Waals surface area contributed by atoms with Crippen LogP contribution in [0.25, 0.3) is 0 Å². The minimum atomic E-state index is -2.80. The van der Waals surface area contributed by atoms with Gasteiger partial charge in [-0.2, -0.15) is 0 Å². The molecule has 5 nitrogen and oxygen atoms in total. The van der Waals surface area contributed by atoms with Crippen LogP contribution in [0.1, 0.15) is 39.2 Å². The van der Waals surface area contributed by atoms with Crippen molar-refractivity contribution in [3.63, 3.8) is 0 Å². The Hall–Kier alpha value is -2.93. The van der Waals surface area contributed by atoms with E-state index in [2.05, 4.69) is 69.3 Å². The predicted octanol–water partition coefficient (Wildman–Crippen LogP) is 4.73. The molecule has 36 heavy (non-hydrogen) atoms. The molecule has 0 spiro atoms. The second kappa shape index (κ2) is 11.4. The zero-order valence-electron chi connectivity index (χ0n) is 21.5. The molecule has 1 heterocycles. The molecular weight excluding hydrogens is 466 g/mol. The van der Waals surface area contributed by atoms with Crippen molar-refractivity contribution in [1.29, 1.82) is 0 Å². The maximum Gasteiger partial charge on any atom is 0.410 e. The van der Waals surface area contributed by atoms with Crippen LogP contribution in [0, 0.1) is 0 Å². The number of aliphatic hydroxyl groups excluding tert-OH is 1. The van der Waals surface area contributed by atoms with Crippen molar-refractivity contribution in [2.75, 3.05) is 13.1 Å². The van der Waals surface area contributed by atoms with Crippen molar-refractivity contribution in [1.82, 2.24) is 4.90 Å². The summed E-state index contributed by atoms with van der Waals surface area (Å²) in [6.07, 6.45) is -0.408. The fourth-order valence-electron chi connectivity index (χ4n) is 5.11. The molecule has 1 fully saturated rings. The van der Waals surface area contributed by atoms with Crippen LogP contribution in [0.15, 0.2) is 91.0 Å². The average Bonchev–Trinajstić information content (AvgIpc) is 3.08. The lowest BCUT2D eigenvalue weighted by Crippen LogP contribution is -2.68. The maximum absolute atomic E-state index is 12.8. The maximum atomic E-state index is 12.8. The molecule has 1 aliphatic heterocycles. The van der Waals surface area contributed by atoms with E-state index in [0.29, 0.717) is 25.9 Å². The highest BCUT2D eigenvalue weighted by Crippen LogP contribution is 2.38. The van der Waals surface area contributed by atoms with Crippen LogP contribution >= 0.6 is 0 Å². The monoisotopic (exact) mass is 503 g/mol. The molecule has 1 N–H and O–H groups in total. The number of benzene rings is 3. The van der Waals surface area contributed by atoms with Crippen molar-refractivity contribution < 1.29 is 19.1 Å². The molecule has 4 rings (SSSR count). The van der Waals surface area contributed by atoms with E-state index in [4.69, 9.17) is 9.16 Å². The summed E-state index contributed by atoms with van der Waals surface area (Å²) in [6.45, 7) is 7.85. The van der Waals surface area contributed by atoms with E-state index in [1.54, 1.807) is 4.90 Å². The molecule has 0 bridgehead atoms. The highest BCUT2D eigenvalue weighted by atomic mass is 28.4. The van der Waals surface area contributed by atoms with Crippen LogP contribution in [0.2, 0.25) is 5.04 Å². The molecule has 1 amide bonds. The normalized spacial score (nSPS) is 18.9. The van der Waals surface area contributed by atoms with Crippen LogP contribution < -0.4 is 10.4 Å². The van der Waals surface area contributed by atoms with Crippen LogP contribution in [0.3, 0.4) is 0 Å². The smallest absolute Gasteiger partial charge is 0.410 e. The number of ether oxygens (including phenoxy) is 1. The Kier molecular flexibility index (Phi) is 8.29. The minimum absolute atomic E-state index is 0.184. The Labute approximate surface area is 215 Å². The number of hydrogen-bond donors (Lipinski definition) is 1. The fourth-order valence-corrected chi connectivity index (χ4v) is 9.85. The van der Waals surface area contributed by atoms with Gasteiger partial charge in [-0.1, -0.05) is 112 Å². The molecule has 3 aromatic carbocycles. The number of hydrogen-bond acceptors (Lipinski definition) is 4. The summed E-state index contributed by atoms with van der Waals surface area (Å²) >= 11 is 0. The van der Waals surface area contributed by atoms with Gasteiger partial charge in [0.25, 0.3) is 8.32 Å². The Morgan fingerprint density at radius 1 is 0.861 bits per heavy atom. The molecule has 1 saturated heterocycles. The highest BCUT2D eigenvalue weighted by molar-refractivity contribution is 6.99. The lowest BCUT2D eigenvalue weighted by molar-refractivity contribution is 0.0289. The summed E-state index contributed by atoms with van der Waals surface area (Å²) in [5, 5.41) is 13.4. The number of carbonyl (C=O) groups is 1. The lowest BCUT2D eigenvalue weighted by Gasteiger charge is -2.45. The van der Waals surface area contributed by atoms with E-state index < -0.39 is 14.4 Å². The number of nitrogens with zero attached hydrogens (tertiary/aromatic N) is 1. The molecule has 190 valence electrons. The Morgan fingerprint density at radius 3 is 1.89 bits per heavy atom. The number of amides is 1. The molecule has 0 saturated carbocycles. The van der Waals surface area contributed by atoms with Gasteiger partial charge in [-0.05, 0) is 33.8 Å². The van der Waals surface area contributed by atoms with Gasteiger partial charge in [-0.15, -0.1) is 0 Å². The standard InChI is InChI=1S/C30H37NO4Si/c1-30(2,3)36(25-15-9-5-10-16-25,26-17-11-6-12-18-26)35-28-20-22-31(21-19-27(28)32)29(33)34-23-24-13-7-4-8-14-24/h4-18,27-28,32H,19-23H2,1-3H3. The van der Waals surface area contributed by atoms with E-state index in [-0.39, 0.29) is 23.8 Å². The van der Waals surface area contributed by atoms with Crippen molar-refractivity contribution in [3.8, 4) is 0 Å². The van der Waals surface area contributed by atoms with Gasteiger partial charge in [-0.25, -0.2) is 4.79 Å². The molecule has 3 aromatic rings. The summed E-state index contributed by atoms with van der Waals surface area (Å²) in [6, 6.07) is 30.6. The third-order valence-electron chi connectivity index (χ3n) is 7.02. The minimum Gasteiger partial charge on any atom is -0.445 e. The average molecular weight is 504 g/mol. The van der Waals surface area contributed by atoms with E-state index >= 15 is 0 Å². The quantitative estimate of drug-likeness (QED) is 0.495.